The summed E-state index contributed by atoms with van der Waals surface area (Å²) < 4.78 is 0. The topological polar surface area (TPSA) is 65.2 Å². The van der Waals surface area contributed by atoms with Crippen molar-refractivity contribution < 1.29 is 4.79 Å². The number of hydrogen-bond donors (Lipinski definition) is 2. The summed E-state index contributed by atoms with van der Waals surface area (Å²) in [7, 11) is 1.71. The van der Waals surface area contributed by atoms with Crippen molar-refractivity contribution in [2.24, 2.45) is 0 Å². The minimum atomic E-state index is -0.213. The van der Waals surface area contributed by atoms with Gasteiger partial charge in [-0.2, -0.15) is 0 Å². The second-order valence-corrected chi connectivity index (χ2v) is 5.15. The highest BCUT2D eigenvalue weighted by molar-refractivity contribution is 6.28. The Kier molecular flexibility index (Phi) is 2.56. The standard InChI is InChI=1S/C17H13N3O2/c1-18-16-13(8-9-14(21)19-16)20-12-7-3-5-10-4-2-6-11(15(10)12)17(20)22/h2-9H,1H3,(H2,18,19,21). The lowest BCUT2D eigenvalue weighted by molar-refractivity contribution is 0.100. The molecule has 22 heavy (non-hydrogen) atoms. The Labute approximate surface area is 126 Å². The smallest absolute Gasteiger partial charge is 0.263 e. The first kappa shape index (κ1) is 12.6. The highest BCUT2D eigenvalue weighted by atomic mass is 16.2. The Hall–Kier alpha value is -3.08. The van der Waals surface area contributed by atoms with Crippen LogP contribution in [0.1, 0.15) is 10.4 Å². The summed E-state index contributed by atoms with van der Waals surface area (Å²) in [6, 6.07) is 14.6. The molecular formula is C17H13N3O2. The molecule has 0 aliphatic carbocycles. The third-order valence-corrected chi connectivity index (χ3v) is 3.94. The van der Waals surface area contributed by atoms with Crippen molar-refractivity contribution in [2.75, 3.05) is 17.3 Å². The molecule has 3 aromatic rings. The fourth-order valence-corrected chi connectivity index (χ4v) is 3.00. The number of carbonyl (C=O) groups excluding carboxylic acids is 1. The Morgan fingerprint density at radius 2 is 1.73 bits per heavy atom. The zero-order valence-electron chi connectivity index (χ0n) is 11.9. The third-order valence-electron chi connectivity index (χ3n) is 3.94. The van der Waals surface area contributed by atoms with Crippen molar-refractivity contribution in [3.8, 4) is 0 Å². The van der Waals surface area contributed by atoms with Crippen LogP contribution >= 0.6 is 0 Å². The first-order chi connectivity index (χ1) is 10.7. The highest BCUT2D eigenvalue weighted by Crippen LogP contribution is 2.42. The van der Waals surface area contributed by atoms with Crippen molar-refractivity contribution in [3.05, 3.63) is 64.4 Å². The van der Waals surface area contributed by atoms with Crippen LogP contribution in [-0.2, 0) is 0 Å². The maximum atomic E-state index is 12.8. The van der Waals surface area contributed by atoms with Gasteiger partial charge in [-0.15, -0.1) is 0 Å². The van der Waals surface area contributed by atoms with Gasteiger partial charge >= 0.3 is 0 Å². The molecule has 5 heteroatoms. The largest absolute Gasteiger partial charge is 0.373 e. The lowest BCUT2D eigenvalue weighted by Gasteiger charge is -2.20. The maximum absolute atomic E-state index is 12.8. The predicted molar refractivity (Wildman–Crippen MR) is 87.0 cm³/mol. The number of nitrogens with zero attached hydrogens (tertiary/aromatic N) is 1. The number of pyridine rings is 1. The molecule has 0 spiro atoms. The number of carbonyl (C=O) groups is 1. The summed E-state index contributed by atoms with van der Waals surface area (Å²) >= 11 is 0. The molecule has 0 saturated carbocycles. The van der Waals surface area contributed by atoms with Gasteiger partial charge in [0.15, 0.2) is 0 Å². The molecule has 4 rings (SSSR count). The summed E-state index contributed by atoms with van der Waals surface area (Å²) in [5, 5.41) is 4.92. The van der Waals surface area contributed by atoms with Gasteiger partial charge in [-0.3, -0.25) is 14.5 Å². The zero-order valence-corrected chi connectivity index (χ0v) is 11.9. The van der Waals surface area contributed by atoms with Crippen LogP contribution < -0.4 is 15.8 Å². The van der Waals surface area contributed by atoms with E-state index in [9.17, 15) is 9.59 Å². The number of aromatic amines is 1. The quantitative estimate of drug-likeness (QED) is 0.763. The van der Waals surface area contributed by atoms with E-state index in [1.807, 2.05) is 36.4 Å². The van der Waals surface area contributed by atoms with Gasteiger partial charge in [0.1, 0.15) is 5.82 Å². The van der Waals surface area contributed by atoms with Crippen molar-refractivity contribution in [3.63, 3.8) is 0 Å². The van der Waals surface area contributed by atoms with Crippen LogP contribution in [0.25, 0.3) is 10.8 Å². The fourth-order valence-electron chi connectivity index (χ4n) is 3.00. The number of anilines is 3. The molecule has 1 aliphatic rings. The van der Waals surface area contributed by atoms with E-state index in [0.717, 1.165) is 16.5 Å². The van der Waals surface area contributed by atoms with Gasteiger partial charge in [-0.05, 0) is 23.6 Å². The minimum Gasteiger partial charge on any atom is -0.373 e. The average Bonchev–Trinajstić information content (AvgIpc) is 2.83. The van der Waals surface area contributed by atoms with E-state index in [1.165, 1.54) is 6.07 Å². The van der Waals surface area contributed by atoms with Gasteiger partial charge in [-0.25, -0.2) is 0 Å². The van der Waals surface area contributed by atoms with E-state index >= 15 is 0 Å². The van der Waals surface area contributed by atoms with E-state index in [4.69, 9.17) is 0 Å². The molecule has 0 unspecified atom stereocenters. The van der Waals surface area contributed by atoms with Gasteiger partial charge < -0.3 is 10.3 Å². The van der Waals surface area contributed by atoms with Crippen molar-refractivity contribution in [1.29, 1.82) is 0 Å². The molecule has 0 bridgehead atoms. The number of nitrogens with one attached hydrogen (secondary N) is 2. The fraction of sp³-hybridized carbons (Fsp3) is 0.0588. The first-order valence-electron chi connectivity index (χ1n) is 6.98. The second kappa shape index (κ2) is 4.46. The monoisotopic (exact) mass is 291 g/mol. The van der Waals surface area contributed by atoms with Crippen LogP contribution in [0, 0.1) is 0 Å². The Morgan fingerprint density at radius 1 is 0.955 bits per heavy atom. The van der Waals surface area contributed by atoms with Gasteiger partial charge in [0.05, 0.1) is 16.9 Å². The van der Waals surface area contributed by atoms with Crippen LogP contribution in [0.3, 0.4) is 0 Å². The number of benzene rings is 2. The summed E-state index contributed by atoms with van der Waals surface area (Å²) in [5.74, 6) is 0.431. The number of aromatic nitrogens is 1. The predicted octanol–water partition coefficient (Wildman–Crippen LogP) is 2.86. The van der Waals surface area contributed by atoms with E-state index in [0.29, 0.717) is 17.1 Å². The number of H-pyrrole nitrogens is 1. The second-order valence-electron chi connectivity index (χ2n) is 5.15. The average molecular weight is 291 g/mol. The molecule has 0 atom stereocenters. The molecule has 0 radical (unpaired) electrons. The van der Waals surface area contributed by atoms with Crippen LogP contribution in [0.2, 0.25) is 0 Å². The highest BCUT2D eigenvalue weighted by Gasteiger charge is 2.32. The van der Waals surface area contributed by atoms with E-state index in [-0.39, 0.29) is 11.5 Å². The lowest BCUT2D eigenvalue weighted by Crippen LogP contribution is -2.23. The first-order valence-corrected chi connectivity index (χ1v) is 6.98. The normalized spacial score (nSPS) is 13.0. The van der Waals surface area contributed by atoms with Crippen molar-refractivity contribution >= 4 is 33.9 Å². The summed E-state index contributed by atoms with van der Waals surface area (Å²) in [6.45, 7) is 0. The molecule has 5 nitrogen and oxygen atoms in total. The van der Waals surface area contributed by atoms with Crippen LogP contribution in [0.4, 0.5) is 17.2 Å². The molecule has 0 saturated heterocycles. The van der Waals surface area contributed by atoms with Gasteiger partial charge in [0, 0.05) is 18.5 Å². The molecule has 108 valence electrons. The Morgan fingerprint density at radius 3 is 2.50 bits per heavy atom. The SMILES string of the molecule is CNc1[nH]c(=O)ccc1N1C(=O)c2cccc3cccc1c23. The summed E-state index contributed by atoms with van der Waals surface area (Å²) in [6.07, 6.45) is 0. The molecular weight excluding hydrogens is 278 g/mol. The number of hydrogen-bond acceptors (Lipinski definition) is 3. The van der Waals surface area contributed by atoms with Gasteiger partial charge in [0.25, 0.3) is 5.91 Å². The van der Waals surface area contributed by atoms with E-state index < -0.39 is 0 Å². The molecule has 0 fully saturated rings. The summed E-state index contributed by atoms with van der Waals surface area (Å²) in [5.41, 5.74) is 1.94. The van der Waals surface area contributed by atoms with Gasteiger partial charge in [-0.1, -0.05) is 24.3 Å². The maximum Gasteiger partial charge on any atom is 0.263 e. The molecule has 1 aromatic heterocycles. The molecule has 2 N–H and O–H groups in total. The third kappa shape index (κ3) is 1.59. The number of amides is 1. The van der Waals surface area contributed by atoms with E-state index in [2.05, 4.69) is 10.3 Å². The number of rotatable bonds is 2. The van der Waals surface area contributed by atoms with Crippen LogP contribution in [0.15, 0.2) is 53.3 Å². The van der Waals surface area contributed by atoms with Gasteiger partial charge in [0.2, 0.25) is 5.56 Å². The lowest BCUT2D eigenvalue weighted by atomic mass is 10.1. The Balaban J connectivity index is 2.02. The van der Waals surface area contributed by atoms with Crippen LogP contribution in [-0.4, -0.2) is 17.9 Å². The van der Waals surface area contributed by atoms with Crippen molar-refractivity contribution in [1.82, 2.24) is 4.98 Å². The molecule has 1 aliphatic heterocycles. The summed E-state index contributed by atoms with van der Waals surface area (Å²) in [4.78, 5) is 28.7. The minimum absolute atomic E-state index is 0.0876. The Bertz CT molecular complexity index is 970. The van der Waals surface area contributed by atoms with Crippen LogP contribution in [0.5, 0.6) is 0 Å². The zero-order chi connectivity index (χ0) is 15.3. The molecule has 2 heterocycles. The van der Waals surface area contributed by atoms with Crippen molar-refractivity contribution in [2.45, 2.75) is 0 Å². The molecule has 2 aromatic carbocycles. The molecule has 1 amide bonds. The van der Waals surface area contributed by atoms with E-state index in [1.54, 1.807) is 18.0 Å².